The van der Waals surface area contributed by atoms with E-state index < -0.39 is 0 Å². The molecule has 1 amide bonds. The molecule has 2 fully saturated rings. The van der Waals surface area contributed by atoms with Crippen molar-refractivity contribution in [2.75, 3.05) is 18.4 Å². The SMILES string of the molecule is N#Cc1ccc(NC2CCN(C(=O)C3CC3)CC2)nc1. The molecule has 2 aliphatic rings. The average molecular weight is 270 g/mol. The Labute approximate surface area is 118 Å². The second kappa shape index (κ2) is 5.49. The van der Waals surface area contributed by atoms with Crippen molar-refractivity contribution in [1.82, 2.24) is 9.88 Å². The first-order chi connectivity index (χ1) is 9.76. The minimum atomic E-state index is 0.319. The Balaban J connectivity index is 1.50. The van der Waals surface area contributed by atoms with Crippen molar-refractivity contribution >= 4 is 11.7 Å². The van der Waals surface area contributed by atoms with Gasteiger partial charge in [0, 0.05) is 31.2 Å². The predicted octanol–water partition coefficient (Wildman–Crippen LogP) is 1.77. The average Bonchev–Trinajstić information content (AvgIpc) is 3.33. The number of nitrogens with one attached hydrogen (secondary N) is 1. The molecule has 1 saturated heterocycles. The number of hydrogen-bond acceptors (Lipinski definition) is 4. The van der Waals surface area contributed by atoms with E-state index in [4.69, 9.17) is 5.26 Å². The number of aromatic nitrogens is 1. The number of pyridine rings is 1. The maximum absolute atomic E-state index is 12.0. The lowest BCUT2D eigenvalue weighted by molar-refractivity contribution is -0.133. The van der Waals surface area contributed by atoms with Crippen LogP contribution in [0, 0.1) is 17.2 Å². The molecule has 3 rings (SSSR count). The van der Waals surface area contributed by atoms with Gasteiger partial charge in [-0.1, -0.05) is 0 Å². The number of carbonyl (C=O) groups excluding carboxylic acids is 1. The van der Waals surface area contributed by atoms with Crippen LogP contribution in [0.25, 0.3) is 0 Å². The maximum Gasteiger partial charge on any atom is 0.225 e. The topological polar surface area (TPSA) is 69.0 Å². The zero-order valence-electron chi connectivity index (χ0n) is 11.4. The lowest BCUT2D eigenvalue weighted by Gasteiger charge is -2.32. The molecule has 1 aromatic rings. The second-order valence-corrected chi connectivity index (χ2v) is 5.56. The molecule has 104 valence electrons. The maximum atomic E-state index is 12.0. The Hall–Kier alpha value is -2.09. The largest absolute Gasteiger partial charge is 0.367 e. The van der Waals surface area contributed by atoms with Gasteiger partial charge in [-0.05, 0) is 37.8 Å². The predicted molar refractivity (Wildman–Crippen MR) is 74.9 cm³/mol. The Morgan fingerprint density at radius 1 is 1.30 bits per heavy atom. The summed E-state index contributed by atoms with van der Waals surface area (Å²) in [4.78, 5) is 18.2. The summed E-state index contributed by atoms with van der Waals surface area (Å²) >= 11 is 0. The summed E-state index contributed by atoms with van der Waals surface area (Å²) in [6.45, 7) is 1.67. The number of likely N-dealkylation sites (tertiary alicyclic amines) is 1. The molecule has 0 spiro atoms. The van der Waals surface area contributed by atoms with Gasteiger partial charge in [-0.2, -0.15) is 5.26 Å². The van der Waals surface area contributed by atoms with Crippen molar-refractivity contribution in [3.05, 3.63) is 23.9 Å². The molecule has 1 aliphatic heterocycles. The summed E-state index contributed by atoms with van der Waals surface area (Å²) in [6, 6.07) is 6.02. The van der Waals surface area contributed by atoms with Crippen LogP contribution in [0.1, 0.15) is 31.2 Å². The van der Waals surface area contributed by atoms with Crippen molar-refractivity contribution in [3.63, 3.8) is 0 Å². The fourth-order valence-corrected chi connectivity index (χ4v) is 2.59. The molecule has 2 heterocycles. The third-order valence-electron chi connectivity index (χ3n) is 3.98. The Morgan fingerprint density at radius 2 is 2.05 bits per heavy atom. The normalized spacial score (nSPS) is 19.4. The fourth-order valence-electron chi connectivity index (χ4n) is 2.59. The first kappa shape index (κ1) is 12.9. The van der Waals surface area contributed by atoms with Crippen molar-refractivity contribution in [2.24, 2.45) is 5.92 Å². The van der Waals surface area contributed by atoms with Gasteiger partial charge in [0.2, 0.25) is 5.91 Å². The number of nitrogens with zero attached hydrogens (tertiary/aromatic N) is 3. The molecule has 1 aliphatic carbocycles. The third-order valence-corrected chi connectivity index (χ3v) is 3.98. The highest BCUT2D eigenvalue weighted by Crippen LogP contribution is 2.32. The van der Waals surface area contributed by atoms with Gasteiger partial charge in [-0.15, -0.1) is 0 Å². The van der Waals surface area contributed by atoms with Gasteiger partial charge >= 0.3 is 0 Å². The minimum Gasteiger partial charge on any atom is -0.367 e. The molecule has 0 radical (unpaired) electrons. The van der Waals surface area contributed by atoms with Gasteiger partial charge in [0.05, 0.1) is 5.56 Å². The number of nitriles is 1. The number of carbonyl (C=O) groups is 1. The van der Waals surface area contributed by atoms with E-state index in [2.05, 4.69) is 16.4 Å². The summed E-state index contributed by atoms with van der Waals surface area (Å²) in [5.41, 5.74) is 0.570. The van der Waals surface area contributed by atoms with Crippen LogP contribution in [0.5, 0.6) is 0 Å². The molecule has 0 bridgehead atoms. The van der Waals surface area contributed by atoms with E-state index >= 15 is 0 Å². The highest BCUT2D eigenvalue weighted by Gasteiger charge is 2.34. The van der Waals surface area contributed by atoms with Crippen LogP contribution in [-0.2, 0) is 4.79 Å². The van der Waals surface area contributed by atoms with E-state index in [1.165, 1.54) is 0 Å². The summed E-state index contributed by atoms with van der Waals surface area (Å²) in [7, 11) is 0. The van der Waals surface area contributed by atoms with Crippen LogP contribution < -0.4 is 5.32 Å². The van der Waals surface area contributed by atoms with Crippen molar-refractivity contribution < 1.29 is 4.79 Å². The van der Waals surface area contributed by atoms with Crippen LogP contribution >= 0.6 is 0 Å². The van der Waals surface area contributed by atoms with Crippen LogP contribution in [0.4, 0.5) is 5.82 Å². The lowest BCUT2D eigenvalue weighted by atomic mass is 10.0. The zero-order valence-corrected chi connectivity index (χ0v) is 11.4. The first-order valence-corrected chi connectivity index (χ1v) is 7.18. The first-order valence-electron chi connectivity index (χ1n) is 7.18. The molecule has 5 heteroatoms. The number of anilines is 1. The quantitative estimate of drug-likeness (QED) is 0.908. The monoisotopic (exact) mass is 270 g/mol. The molecule has 0 unspecified atom stereocenters. The molecule has 5 nitrogen and oxygen atoms in total. The van der Waals surface area contributed by atoms with Gasteiger partial charge in [0.1, 0.15) is 11.9 Å². The van der Waals surface area contributed by atoms with Crippen LogP contribution in [0.15, 0.2) is 18.3 Å². The van der Waals surface area contributed by atoms with Crippen molar-refractivity contribution in [3.8, 4) is 6.07 Å². The van der Waals surface area contributed by atoms with Gasteiger partial charge in [0.25, 0.3) is 0 Å². The number of rotatable bonds is 3. The van der Waals surface area contributed by atoms with E-state index in [1.807, 2.05) is 11.0 Å². The molecule has 0 atom stereocenters. The second-order valence-electron chi connectivity index (χ2n) is 5.56. The van der Waals surface area contributed by atoms with E-state index in [-0.39, 0.29) is 0 Å². The van der Waals surface area contributed by atoms with E-state index in [0.717, 1.165) is 44.6 Å². The van der Waals surface area contributed by atoms with Crippen molar-refractivity contribution in [2.45, 2.75) is 31.7 Å². The van der Waals surface area contributed by atoms with Gasteiger partial charge in [-0.25, -0.2) is 4.98 Å². The summed E-state index contributed by atoms with van der Waals surface area (Å²) in [5, 5.41) is 12.1. The van der Waals surface area contributed by atoms with Crippen LogP contribution in [-0.4, -0.2) is 34.9 Å². The van der Waals surface area contributed by atoms with E-state index in [1.54, 1.807) is 12.3 Å². The standard InChI is InChI=1S/C15H18N4O/c16-9-11-1-4-14(17-10-11)18-13-5-7-19(8-6-13)15(20)12-2-3-12/h1,4,10,12-13H,2-3,5-8H2,(H,17,18). The summed E-state index contributed by atoms with van der Waals surface area (Å²) < 4.78 is 0. The third kappa shape index (κ3) is 2.90. The Morgan fingerprint density at radius 3 is 2.60 bits per heavy atom. The molecule has 20 heavy (non-hydrogen) atoms. The lowest BCUT2D eigenvalue weighted by Crippen LogP contribution is -2.43. The van der Waals surface area contributed by atoms with Crippen LogP contribution in [0.2, 0.25) is 0 Å². The smallest absolute Gasteiger partial charge is 0.225 e. The Bertz CT molecular complexity index is 522. The van der Waals surface area contributed by atoms with E-state index in [9.17, 15) is 4.79 Å². The zero-order chi connectivity index (χ0) is 13.9. The number of hydrogen-bond donors (Lipinski definition) is 1. The minimum absolute atomic E-state index is 0.319. The molecule has 1 N–H and O–H groups in total. The van der Waals surface area contributed by atoms with Crippen molar-refractivity contribution in [1.29, 1.82) is 5.26 Å². The molecule has 0 aromatic carbocycles. The summed E-state index contributed by atoms with van der Waals surface area (Å²) in [6.07, 6.45) is 5.65. The highest BCUT2D eigenvalue weighted by molar-refractivity contribution is 5.81. The Kier molecular flexibility index (Phi) is 3.55. The summed E-state index contributed by atoms with van der Waals surface area (Å²) in [5.74, 6) is 1.47. The molecule has 1 aromatic heterocycles. The molecular weight excluding hydrogens is 252 g/mol. The molecular formula is C15H18N4O. The molecule has 1 saturated carbocycles. The van der Waals surface area contributed by atoms with Crippen LogP contribution in [0.3, 0.4) is 0 Å². The number of piperidine rings is 1. The van der Waals surface area contributed by atoms with Gasteiger partial charge < -0.3 is 10.2 Å². The highest BCUT2D eigenvalue weighted by atomic mass is 16.2. The van der Waals surface area contributed by atoms with Gasteiger partial charge in [0.15, 0.2) is 0 Å². The van der Waals surface area contributed by atoms with Gasteiger partial charge in [-0.3, -0.25) is 4.79 Å². The van der Waals surface area contributed by atoms with E-state index in [0.29, 0.717) is 23.4 Å². The fraction of sp³-hybridized carbons (Fsp3) is 0.533. The number of amides is 1.